The Morgan fingerprint density at radius 3 is 2.47 bits per heavy atom. The van der Waals surface area contributed by atoms with Gasteiger partial charge in [0.05, 0.1) is 6.54 Å². The summed E-state index contributed by atoms with van der Waals surface area (Å²) in [4.78, 5) is 32.1. The number of fused-ring (bicyclic) bond motifs is 1. The molecular formula is C29H34N2O4S. The highest BCUT2D eigenvalue weighted by molar-refractivity contribution is 7.10. The molecule has 1 aliphatic heterocycles. The van der Waals surface area contributed by atoms with Crippen LogP contribution in [0.1, 0.15) is 52.2 Å². The first kappa shape index (κ1) is 25.8. The van der Waals surface area contributed by atoms with Crippen molar-refractivity contribution in [2.45, 2.75) is 47.2 Å². The van der Waals surface area contributed by atoms with Crippen LogP contribution in [0.3, 0.4) is 0 Å². The van der Waals surface area contributed by atoms with Crippen LogP contribution in [-0.2, 0) is 17.9 Å². The van der Waals surface area contributed by atoms with Gasteiger partial charge in [0.2, 0.25) is 12.7 Å². The molecule has 2 aromatic carbocycles. The molecule has 0 radical (unpaired) electrons. The molecule has 0 unspecified atom stereocenters. The van der Waals surface area contributed by atoms with Crippen molar-refractivity contribution in [2.75, 3.05) is 19.9 Å². The average Bonchev–Trinajstić information content (AvgIpc) is 3.51. The first-order valence-corrected chi connectivity index (χ1v) is 13.3. The quantitative estimate of drug-likeness (QED) is 0.348. The molecule has 0 N–H and O–H groups in total. The number of nitrogens with zero attached hydrogens (tertiary/aromatic N) is 2. The highest BCUT2D eigenvalue weighted by Gasteiger charge is 2.26. The van der Waals surface area contributed by atoms with Gasteiger partial charge in [-0.05, 0) is 66.1 Å². The molecule has 0 saturated heterocycles. The molecule has 0 fully saturated rings. The van der Waals surface area contributed by atoms with Gasteiger partial charge < -0.3 is 19.3 Å². The molecule has 0 saturated carbocycles. The number of ether oxygens (including phenoxy) is 2. The third-order valence-corrected chi connectivity index (χ3v) is 7.69. The molecule has 1 atom stereocenters. The summed E-state index contributed by atoms with van der Waals surface area (Å²) in [6.07, 6.45) is 0.932. The Morgan fingerprint density at radius 2 is 1.75 bits per heavy atom. The topological polar surface area (TPSA) is 59.1 Å². The Bertz CT molecular complexity index is 1220. The second-order valence-corrected chi connectivity index (χ2v) is 10.5. The van der Waals surface area contributed by atoms with Crippen LogP contribution in [0.2, 0.25) is 0 Å². The summed E-state index contributed by atoms with van der Waals surface area (Å²) in [6.45, 7) is 9.90. The van der Waals surface area contributed by atoms with E-state index in [1.165, 1.54) is 0 Å². The Kier molecular flexibility index (Phi) is 8.31. The van der Waals surface area contributed by atoms with Crippen LogP contribution in [0.15, 0.2) is 53.9 Å². The molecule has 3 aromatic rings. The minimum Gasteiger partial charge on any atom is -0.454 e. The lowest BCUT2D eigenvalue weighted by atomic mass is 10.1. The van der Waals surface area contributed by atoms with Crippen molar-refractivity contribution in [3.8, 4) is 11.5 Å². The van der Waals surface area contributed by atoms with Gasteiger partial charge in [0.25, 0.3) is 5.91 Å². The highest BCUT2D eigenvalue weighted by atomic mass is 32.1. The maximum atomic E-state index is 13.8. The minimum atomic E-state index is -0.0999. The summed E-state index contributed by atoms with van der Waals surface area (Å²) in [5.41, 5.74) is 3.68. The van der Waals surface area contributed by atoms with Gasteiger partial charge in [-0.25, -0.2) is 0 Å². The van der Waals surface area contributed by atoms with E-state index in [9.17, 15) is 9.59 Å². The molecule has 0 aliphatic carbocycles. The largest absolute Gasteiger partial charge is 0.454 e. The van der Waals surface area contributed by atoms with E-state index in [4.69, 9.17) is 9.47 Å². The Labute approximate surface area is 217 Å². The summed E-state index contributed by atoms with van der Waals surface area (Å²) in [5.74, 6) is 1.52. The molecule has 7 heteroatoms. The van der Waals surface area contributed by atoms with Crippen LogP contribution in [0.4, 0.5) is 0 Å². The zero-order valence-corrected chi connectivity index (χ0v) is 22.3. The van der Waals surface area contributed by atoms with Gasteiger partial charge in [-0.1, -0.05) is 44.5 Å². The molecular weight excluding hydrogens is 472 g/mol. The van der Waals surface area contributed by atoms with Crippen molar-refractivity contribution in [2.24, 2.45) is 5.92 Å². The Hall–Kier alpha value is -3.32. The molecule has 0 bridgehead atoms. The van der Waals surface area contributed by atoms with Crippen LogP contribution < -0.4 is 9.47 Å². The molecule has 0 spiro atoms. The zero-order chi connectivity index (χ0) is 25.7. The van der Waals surface area contributed by atoms with E-state index in [0.717, 1.165) is 28.0 Å². The minimum absolute atomic E-state index is 0.0342. The molecule has 190 valence electrons. The highest BCUT2D eigenvalue weighted by Crippen LogP contribution is 2.33. The van der Waals surface area contributed by atoms with Crippen LogP contribution in [0, 0.1) is 19.8 Å². The molecule has 36 heavy (non-hydrogen) atoms. The second-order valence-electron chi connectivity index (χ2n) is 9.48. The average molecular weight is 507 g/mol. The number of amides is 2. The summed E-state index contributed by atoms with van der Waals surface area (Å²) in [7, 11) is 0. The fourth-order valence-electron chi connectivity index (χ4n) is 4.20. The van der Waals surface area contributed by atoms with Crippen molar-refractivity contribution in [3.63, 3.8) is 0 Å². The SMILES string of the molecule is CC[C@@H](C)CN(CC(=O)N(Cc1ccc2c(c1)OCO2)Cc1sccc1C)C(=O)c1ccccc1C. The lowest BCUT2D eigenvalue weighted by molar-refractivity contribution is -0.133. The molecule has 6 nitrogen and oxygen atoms in total. The van der Waals surface area contributed by atoms with Crippen molar-refractivity contribution < 1.29 is 19.1 Å². The van der Waals surface area contributed by atoms with Crippen LogP contribution >= 0.6 is 11.3 Å². The predicted octanol–water partition coefficient (Wildman–Crippen LogP) is 5.81. The van der Waals surface area contributed by atoms with E-state index in [1.807, 2.05) is 59.7 Å². The van der Waals surface area contributed by atoms with Gasteiger partial charge in [0.15, 0.2) is 11.5 Å². The van der Waals surface area contributed by atoms with E-state index in [1.54, 1.807) is 16.2 Å². The van der Waals surface area contributed by atoms with Crippen molar-refractivity contribution in [1.29, 1.82) is 0 Å². The summed E-state index contributed by atoms with van der Waals surface area (Å²) >= 11 is 1.65. The summed E-state index contributed by atoms with van der Waals surface area (Å²) in [6, 6.07) is 15.4. The summed E-state index contributed by atoms with van der Waals surface area (Å²) in [5, 5.41) is 2.05. The molecule has 2 heterocycles. The van der Waals surface area contributed by atoms with Gasteiger partial charge in [0.1, 0.15) is 6.54 Å². The van der Waals surface area contributed by atoms with E-state index in [2.05, 4.69) is 26.8 Å². The monoisotopic (exact) mass is 506 g/mol. The van der Waals surface area contributed by atoms with E-state index in [0.29, 0.717) is 36.7 Å². The lowest BCUT2D eigenvalue weighted by Gasteiger charge is -2.30. The van der Waals surface area contributed by atoms with E-state index < -0.39 is 0 Å². The second kappa shape index (κ2) is 11.6. The zero-order valence-electron chi connectivity index (χ0n) is 21.5. The molecule has 1 aromatic heterocycles. The van der Waals surface area contributed by atoms with E-state index in [-0.39, 0.29) is 31.1 Å². The first-order valence-electron chi connectivity index (χ1n) is 12.4. The Morgan fingerprint density at radius 1 is 0.972 bits per heavy atom. The first-order chi connectivity index (χ1) is 17.4. The number of hydrogen-bond acceptors (Lipinski definition) is 5. The number of hydrogen-bond donors (Lipinski definition) is 0. The smallest absolute Gasteiger partial charge is 0.254 e. The van der Waals surface area contributed by atoms with Crippen molar-refractivity contribution in [1.82, 2.24) is 9.80 Å². The number of thiophene rings is 1. The third-order valence-electron chi connectivity index (χ3n) is 6.68. The van der Waals surface area contributed by atoms with Crippen molar-refractivity contribution in [3.05, 3.63) is 81.0 Å². The summed E-state index contributed by atoms with van der Waals surface area (Å²) < 4.78 is 11.0. The van der Waals surface area contributed by atoms with Gasteiger partial charge in [0, 0.05) is 23.5 Å². The number of carbonyl (C=O) groups is 2. The van der Waals surface area contributed by atoms with Crippen LogP contribution in [0.5, 0.6) is 11.5 Å². The predicted molar refractivity (Wildman–Crippen MR) is 142 cm³/mol. The van der Waals surface area contributed by atoms with Gasteiger partial charge in [-0.2, -0.15) is 0 Å². The number of aryl methyl sites for hydroxylation is 2. The number of benzene rings is 2. The molecule has 2 amide bonds. The number of carbonyl (C=O) groups excluding carboxylic acids is 2. The van der Waals surface area contributed by atoms with Crippen LogP contribution in [-0.4, -0.2) is 41.5 Å². The van der Waals surface area contributed by atoms with Crippen LogP contribution in [0.25, 0.3) is 0 Å². The maximum absolute atomic E-state index is 13.8. The lowest BCUT2D eigenvalue weighted by Crippen LogP contribution is -2.44. The third kappa shape index (κ3) is 6.08. The molecule has 4 rings (SSSR count). The normalized spacial score (nSPS) is 12.9. The van der Waals surface area contributed by atoms with Gasteiger partial charge in [-0.15, -0.1) is 11.3 Å². The van der Waals surface area contributed by atoms with E-state index >= 15 is 0 Å². The fraction of sp³-hybridized carbons (Fsp3) is 0.379. The Balaban J connectivity index is 1.59. The van der Waals surface area contributed by atoms with Gasteiger partial charge >= 0.3 is 0 Å². The van der Waals surface area contributed by atoms with Crippen molar-refractivity contribution >= 4 is 23.2 Å². The number of rotatable bonds is 10. The maximum Gasteiger partial charge on any atom is 0.254 e. The fourth-order valence-corrected chi connectivity index (χ4v) is 5.12. The molecule has 1 aliphatic rings. The standard InChI is InChI=1S/C29H34N2O4S/c1-5-20(2)15-31(29(33)24-9-7-6-8-21(24)3)18-28(32)30(17-27-22(4)12-13-36-27)16-23-10-11-25-26(14-23)35-19-34-25/h6-14,20H,5,15-19H2,1-4H3/t20-/m1/s1. The van der Waals surface area contributed by atoms with Gasteiger partial charge in [-0.3, -0.25) is 9.59 Å².